The first-order valence-electron chi connectivity index (χ1n) is 11.5. The van der Waals surface area contributed by atoms with E-state index in [2.05, 4.69) is 53.4 Å². The van der Waals surface area contributed by atoms with Crippen LogP contribution >= 0.6 is 0 Å². The SMILES string of the molecule is Cc1ccc(-c2nn(Cc3ccccc3)cc2C(=O)NCCCN2CCN(C)CC2)cc1. The van der Waals surface area contributed by atoms with Crippen LogP contribution in [0.3, 0.4) is 0 Å². The second kappa shape index (κ2) is 10.6. The van der Waals surface area contributed by atoms with Crippen LogP contribution in [0.2, 0.25) is 0 Å². The molecule has 1 saturated heterocycles. The highest BCUT2D eigenvalue weighted by Crippen LogP contribution is 2.23. The molecular formula is C26H33N5O. The molecule has 0 spiro atoms. The van der Waals surface area contributed by atoms with E-state index in [0.717, 1.165) is 56.0 Å². The maximum absolute atomic E-state index is 13.1. The van der Waals surface area contributed by atoms with Crippen molar-refractivity contribution in [3.05, 3.63) is 77.5 Å². The van der Waals surface area contributed by atoms with Gasteiger partial charge in [0.15, 0.2) is 0 Å². The first-order valence-corrected chi connectivity index (χ1v) is 11.5. The van der Waals surface area contributed by atoms with E-state index in [4.69, 9.17) is 5.10 Å². The Bertz CT molecular complexity index is 1000. The summed E-state index contributed by atoms with van der Waals surface area (Å²) in [6.45, 7) is 8.83. The summed E-state index contributed by atoms with van der Waals surface area (Å²) in [6.07, 6.45) is 2.82. The summed E-state index contributed by atoms with van der Waals surface area (Å²) < 4.78 is 1.86. The van der Waals surface area contributed by atoms with Crippen molar-refractivity contribution in [3.8, 4) is 11.3 Å². The Hall–Kier alpha value is -2.96. The lowest BCUT2D eigenvalue weighted by Crippen LogP contribution is -2.45. The maximum Gasteiger partial charge on any atom is 0.255 e. The third-order valence-corrected chi connectivity index (χ3v) is 6.05. The van der Waals surface area contributed by atoms with Crippen molar-refractivity contribution in [1.82, 2.24) is 24.9 Å². The summed E-state index contributed by atoms with van der Waals surface area (Å²) in [7, 11) is 2.17. The third-order valence-electron chi connectivity index (χ3n) is 6.05. The van der Waals surface area contributed by atoms with E-state index in [1.807, 2.05) is 41.2 Å². The number of benzene rings is 2. The van der Waals surface area contributed by atoms with Crippen LogP contribution in [0, 0.1) is 6.92 Å². The summed E-state index contributed by atoms with van der Waals surface area (Å²) in [5.74, 6) is -0.0572. The van der Waals surface area contributed by atoms with Gasteiger partial charge in [-0.2, -0.15) is 5.10 Å². The predicted molar refractivity (Wildman–Crippen MR) is 129 cm³/mol. The zero-order valence-electron chi connectivity index (χ0n) is 19.1. The van der Waals surface area contributed by atoms with Crippen molar-refractivity contribution >= 4 is 5.91 Å². The Kier molecular flexibility index (Phi) is 7.35. The van der Waals surface area contributed by atoms with Gasteiger partial charge in [-0.15, -0.1) is 0 Å². The monoisotopic (exact) mass is 431 g/mol. The molecule has 0 saturated carbocycles. The molecule has 0 unspecified atom stereocenters. The van der Waals surface area contributed by atoms with Crippen LogP contribution in [0.25, 0.3) is 11.3 Å². The van der Waals surface area contributed by atoms with E-state index in [1.165, 1.54) is 5.56 Å². The minimum absolute atomic E-state index is 0.0572. The summed E-state index contributed by atoms with van der Waals surface area (Å²) >= 11 is 0. The summed E-state index contributed by atoms with van der Waals surface area (Å²) in [5, 5.41) is 7.89. The van der Waals surface area contributed by atoms with Crippen molar-refractivity contribution in [2.45, 2.75) is 19.9 Å². The number of carbonyl (C=O) groups is 1. The van der Waals surface area contributed by atoms with E-state index in [-0.39, 0.29) is 5.91 Å². The quantitative estimate of drug-likeness (QED) is 0.556. The second-order valence-electron chi connectivity index (χ2n) is 8.69. The highest BCUT2D eigenvalue weighted by atomic mass is 16.1. The molecule has 2 heterocycles. The molecule has 1 amide bonds. The van der Waals surface area contributed by atoms with Gasteiger partial charge in [0, 0.05) is 44.5 Å². The van der Waals surface area contributed by atoms with Gasteiger partial charge in [-0.1, -0.05) is 60.2 Å². The van der Waals surface area contributed by atoms with Crippen LogP contribution in [-0.4, -0.2) is 71.8 Å². The molecule has 2 aromatic carbocycles. The molecule has 0 bridgehead atoms. The molecule has 3 aromatic rings. The summed E-state index contributed by atoms with van der Waals surface area (Å²) in [4.78, 5) is 17.9. The van der Waals surface area contributed by atoms with Gasteiger partial charge in [-0.3, -0.25) is 9.48 Å². The second-order valence-corrected chi connectivity index (χ2v) is 8.69. The maximum atomic E-state index is 13.1. The molecule has 0 radical (unpaired) electrons. The summed E-state index contributed by atoms with van der Waals surface area (Å²) in [5.41, 5.74) is 4.67. The number of nitrogens with one attached hydrogen (secondary N) is 1. The number of nitrogens with zero attached hydrogens (tertiary/aromatic N) is 4. The van der Waals surface area contributed by atoms with Gasteiger partial charge in [0.1, 0.15) is 5.69 Å². The van der Waals surface area contributed by atoms with E-state index >= 15 is 0 Å². The molecule has 1 fully saturated rings. The topological polar surface area (TPSA) is 53.4 Å². The van der Waals surface area contributed by atoms with Crippen molar-refractivity contribution in [2.24, 2.45) is 0 Å². The van der Waals surface area contributed by atoms with E-state index in [1.54, 1.807) is 0 Å². The lowest BCUT2D eigenvalue weighted by atomic mass is 10.1. The van der Waals surface area contributed by atoms with Gasteiger partial charge in [-0.05, 0) is 32.5 Å². The Morgan fingerprint density at radius 3 is 2.44 bits per heavy atom. The highest BCUT2D eigenvalue weighted by Gasteiger charge is 2.18. The normalized spacial score (nSPS) is 15.1. The van der Waals surface area contributed by atoms with Crippen molar-refractivity contribution in [2.75, 3.05) is 46.3 Å². The first kappa shape index (κ1) is 22.2. The number of aryl methyl sites for hydroxylation is 1. The van der Waals surface area contributed by atoms with Gasteiger partial charge >= 0.3 is 0 Å². The number of rotatable bonds is 8. The number of amides is 1. The fourth-order valence-corrected chi connectivity index (χ4v) is 4.03. The largest absolute Gasteiger partial charge is 0.352 e. The molecule has 4 rings (SSSR count). The Balaban J connectivity index is 1.43. The smallest absolute Gasteiger partial charge is 0.255 e. The number of hydrogen-bond donors (Lipinski definition) is 1. The molecule has 1 aliphatic heterocycles. The zero-order valence-corrected chi connectivity index (χ0v) is 19.1. The van der Waals surface area contributed by atoms with Gasteiger partial charge < -0.3 is 15.1 Å². The van der Waals surface area contributed by atoms with Gasteiger partial charge in [0.05, 0.1) is 12.1 Å². The van der Waals surface area contributed by atoms with Crippen molar-refractivity contribution < 1.29 is 4.79 Å². The minimum Gasteiger partial charge on any atom is -0.352 e. The van der Waals surface area contributed by atoms with Crippen LogP contribution in [0.5, 0.6) is 0 Å². The standard InChI is InChI=1S/C26H33N5O/c1-21-9-11-23(12-10-21)25-24(20-31(28-25)19-22-7-4-3-5-8-22)26(32)27-13-6-14-30-17-15-29(2)16-18-30/h3-5,7-12,20H,6,13-19H2,1-2H3,(H,27,32). The van der Waals surface area contributed by atoms with E-state index < -0.39 is 0 Å². The van der Waals surface area contributed by atoms with Crippen molar-refractivity contribution in [1.29, 1.82) is 0 Å². The fraction of sp³-hybridized carbons (Fsp3) is 0.385. The number of aromatic nitrogens is 2. The van der Waals surface area contributed by atoms with Crippen LogP contribution in [0.4, 0.5) is 0 Å². The van der Waals surface area contributed by atoms with Crippen LogP contribution in [-0.2, 0) is 6.54 Å². The molecule has 1 N–H and O–H groups in total. The van der Waals surface area contributed by atoms with Crippen LogP contribution < -0.4 is 5.32 Å². The molecule has 168 valence electrons. The van der Waals surface area contributed by atoms with Crippen molar-refractivity contribution in [3.63, 3.8) is 0 Å². The number of piperazine rings is 1. The Labute approximate surface area is 190 Å². The Morgan fingerprint density at radius 2 is 1.72 bits per heavy atom. The average Bonchev–Trinajstić information content (AvgIpc) is 3.23. The molecule has 0 atom stereocenters. The highest BCUT2D eigenvalue weighted by molar-refractivity contribution is 5.99. The number of hydrogen-bond acceptors (Lipinski definition) is 4. The fourth-order valence-electron chi connectivity index (χ4n) is 4.03. The van der Waals surface area contributed by atoms with Crippen LogP contribution in [0.15, 0.2) is 60.8 Å². The summed E-state index contributed by atoms with van der Waals surface area (Å²) in [6, 6.07) is 18.4. The lowest BCUT2D eigenvalue weighted by Gasteiger charge is -2.32. The molecule has 0 aliphatic carbocycles. The molecule has 1 aliphatic rings. The lowest BCUT2D eigenvalue weighted by molar-refractivity contribution is 0.0950. The van der Waals surface area contributed by atoms with E-state index in [0.29, 0.717) is 18.7 Å². The number of likely N-dealkylation sites (N-methyl/N-ethyl adjacent to an activating group) is 1. The molecular weight excluding hydrogens is 398 g/mol. The first-order chi connectivity index (χ1) is 15.6. The predicted octanol–water partition coefficient (Wildman–Crippen LogP) is 3.27. The Morgan fingerprint density at radius 1 is 1.00 bits per heavy atom. The van der Waals surface area contributed by atoms with E-state index in [9.17, 15) is 4.79 Å². The van der Waals surface area contributed by atoms with Gasteiger partial charge in [0.2, 0.25) is 0 Å². The zero-order chi connectivity index (χ0) is 22.3. The molecule has 6 nitrogen and oxygen atoms in total. The van der Waals surface area contributed by atoms with Gasteiger partial charge in [0.25, 0.3) is 5.91 Å². The van der Waals surface area contributed by atoms with Crippen LogP contribution in [0.1, 0.15) is 27.9 Å². The number of carbonyl (C=O) groups excluding carboxylic acids is 1. The minimum atomic E-state index is -0.0572. The molecule has 1 aromatic heterocycles. The molecule has 32 heavy (non-hydrogen) atoms. The van der Waals surface area contributed by atoms with Gasteiger partial charge in [-0.25, -0.2) is 0 Å². The molecule has 6 heteroatoms. The average molecular weight is 432 g/mol. The third kappa shape index (κ3) is 5.84.